The van der Waals surface area contributed by atoms with Crippen molar-refractivity contribution >= 4 is 35.1 Å². The number of imide groups is 1. The molecule has 126 valence electrons. The molecule has 1 fully saturated rings. The van der Waals surface area contributed by atoms with E-state index in [1.807, 2.05) is 0 Å². The van der Waals surface area contributed by atoms with Crippen molar-refractivity contribution in [2.75, 3.05) is 23.8 Å². The van der Waals surface area contributed by atoms with Gasteiger partial charge in [-0.3, -0.25) is 19.3 Å². The first kappa shape index (κ1) is 16.0. The third-order valence-corrected chi connectivity index (χ3v) is 4.19. The van der Waals surface area contributed by atoms with Gasteiger partial charge in [-0.1, -0.05) is 0 Å². The Hall–Kier alpha value is -2.90. The monoisotopic (exact) mass is 330 g/mol. The number of nitrogens with zero attached hydrogens (tertiary/aromatic N) is 2. The number of benzene rings is 1. The number of hydrogen-bond acceptors (Lipinski definition) is 4. The van der Waals surface area contributed by atoms with Crippen molar-refractivity contribution in [2.45, 2.75) is 25.8 Å². The van der Waals surface area contributed by atoms with Crippen LogP contribution in [0, 0.1) is 0 Å². The third kappa shape index (κ3) is 2.60. The van der Waals surface area contributed by atoms with Gasteiger partial charge in [0.05, 0.1) is 6.42 Å². The van der Waals surface area contributed by atoms with E-state index in [1.165, 1.54) is 0 Å². The van der Waals surface area contributed by atoms with Crippen LogP contribution in [-0.2, 0) is 20.8 Å². The molecule has 8 nitrogen and oxygen atoms in total. The highest BCUT2D eigenvalue weighted by Crippen LogP contribution is 2.30. The maximum Gasteiger partial charge on any atom is 0.325 e. The molecule has 1 aromatic carbocycles. The van der Waals surface area contributed by atoms with Gasteiger partial charge in [-0.15, -0.1) is 0 Å². The van der Waals surface area contributed by atoms with Gasteiger partial charge in [0.2, 0.25) is 11.8 Å². The van der Waals surface area contributed by atoms with Crippen molar-refractivity contribution in [2.24, 2.45) is 0 Å². The standard InChI is InChI=1S/C16H18N4O4/c1-16(2)14(23)20(15(24)18-16)8-12(21)17-10-4-5-11-9(6-10)7-13(22)19(11)3/h4-6H,7-8H2,1-3H3,(H,17,21)(H,18,24). The van der Waals surface area contributed by atoms with Gasteiger partial charge in [0, 0.05) is 18.4 Å². The number of rotatable bonds is 3. The van der Waals surface area contributed by atoms with E-state index in [9.17, 15) is 19.2 Å². The maximum absolute atomic E-state index is 12.1. The minimum atomic E-state index is -1.00. The highest BCUT2D eigenvalue weighted by Gasteiger charge is 2.44. The molecule has 0 atom stereocenters. The van der Waals surface area contributed by atoms with E-state index in [2.05, 4.69) is 10.6 Å². The highest BCUT2D eigenvalue weighted by atomic mass is 16.2. The molecular formula is C16H18N4O4. The Bertz CT molecular complexity index is 771. The quantitative estimate of drug-likeness (QED) is 0.787. The van der Waals surface area contributed by atoms with Crippen LogP contribution in [0.15, 0.2) is 18.2 Å². The molecule has 0 unspecified atom stereocenters. The van der Waals surface area contributed by atoms with E-state index < -0.39 is 23.4 Å². The van der Waals surface area contributed by atoms with Crippen LogP contribution >= 0.6 is 0 Å². The third-order valence-electron chi connectivity index (χ3n) is 4.19. The fourth-order valence-electron chi connectivity index (χ4n) is 2.85. The largest absolute Gasteiger partial charge is 0.325 e. The molecule has 0 aromatic heterocycles. The fraction of sp³-hybridized carbons (Fsp3) is 0.375. The van der Waals surface area contributed by atoms with Crippen molar-refractivity contribution in [1.29, 1.82) is 0 Å². The van der Waals surface area contributed by atoms with Gasteiger partial charge in [0.25, 0.3) is 5.91 Å². The first-order valence-electron chi connectivity index (χ1n) is 7.52. The maximum atomic E-state index is 12.1. The van der Waals surface area contributed by atoms with Crippen LogP contribution in [0.1, 0.15) is 19.4 Å². The minimum absolute atomic E-state index is 0.00459. The Kier molecular flexibility index (Phi) is 3.55. The van der Waals surface area contributed by atoms with Crippen molar-refractivity contribution in [3.8, 4) is 0 Å². The van der Waals surface area contributed by atoms with E-state index in [-0.39, 0.29) is 18.9 Å². The molecule has 1 aromatic rings. The SMILES string of the molecule is CN1C(=O)Cc2cc(NC(=O)CN3C(=O)NC(C)(C)C3=O)ccc21. The van der Waals surface area contributed by atoms with Crippen LogP contribution in [0.4, 0.5) is 16.2 Å². The Morgan fingerprint density at radius 2 is 2.00 bits per heavy atom. The minimum Gasteiger partial charge on any atom is -0.325 e. The molecule has 2 aliphatic heterocycles. The van der Waals surface area contributed by atoms with Crippen molar-refractivity contribution in [3.05, 3.63) is 23.8 Å². The Morgan fingerprint density at radius 1 is 1.29 bits per heavy atom. The number of fused-ring (bicyclic) bond motifs is 1. The average molecular weight is 330 g/mol. The van der Waals surface area contributed by atoms with Gasteiger partial charge in [-0.25, -0.2) is 4.79 Å². The second-order valence-electron chi connectivity index (χ2n) is 6.47. The molecule has 8 heteroatoms. The predicted octanol–water partition coefficient (Wildman–Crippen LogP) is 0.474. The molecule has 2 heterocycles. The van der Waals surface area contributed by atoms with Gasteiger partial charge in [-0.05, 0) is 37.6 Å². The molecule has 0 aliphatic carbocycles. The van der Waals surface area contributed by atoms with Crippen LogP contribution < -0.4 is 15.5 Å². The molecule has 5 amide bonds. The van der Waals surface area contributed by atoms with Gasteiger partial charge < -0.3 is 15.5 Å². The normalized spacial score (nSPS) is 18.7. The number of carbonyl (C=O) groups is 4. The van der Waals surface area contributed by atoms with Crippen LogP contribution in [-0.4, -0.2) is 47.8 Å². The lowest BCUT2D eigenvalue weighted by atomic mass is 10.1. The molecule has 2 aliphatic rings. The van der Waals surface area contributed by atoms with Gasteiger partial charge in [0.1, 0.15) is 12.1 Å². The zero-order valence-corrected chi connectivity index (χ0v) is 13.7. The summed E-state index contributed by atoms with van der Waals surface area (Å²) in [7, 11) is 1.70. The van der Waals surface area contributed by atoms with Crippen molar-refractivity contribution < 1.29 is 19.2 Å². The summed E-state index contributed by atoms with van der Waals surface area (Å²) in [6.45, 7) is 2.81. The number of anilines is 2. The molecule has 0 spiro atoms. The number of nitrogens with one attached hydrogen (secondary N) is 2. The first-order valence-corrected chi connectivity index (χ1v) is 7.52. The summed E-state index contributed by atoms with van der Waals surface area (Å²) in [4.78, 5) is 50.1. The summed E-state index contributed by atoms with van der Waals surface area (Å²) in [5.41, 5.74) is 1.16. The van der Waals surface area contributed by atoms with E-state index in [1.54, 1.807) is 44.0 Å². The zero-order valence-electron chi connectivity index (χ0n) is 13.7. The van der Waals surface area contributed by atoms with E-state index in [0.29, 0.717) is 5.69 Å². The number of likely N-dealkylation sites (N-methyl/N-ethyl adjacent to an activating group) is 1. The molecule has 0 bridgehead atoms. The van der Waals surface area contributed by atoms with Crippen molar-refractivity contribution in [3.63, 3.8) is 0 Å². The van der Waals surface area contributed by atoms with Gasteiger partial charge in [0.15, 0.2) is 0 Å². The summed E-state index contributed by atoms with van der Waals surface area (Å²) in [5, 5.41) is 5.17. The second-order valence-corrected chi connectivity index (χ2v) is 6.47. The van der Waals surface area contributed by atoms with Gasteiger partial charge in [-0.2, -0.15) is 0 Å². The van der Waals surface area contributed by atoms with Crippen LogP contribution in [0.2, 0.25) is 0 Å². The smallest absolute Gasteiger partial charge is 0.325 e. The molecule has 24 heavy (non-hydrogen) atoms. The highest BCUT2D eigenvalue weighted by molar-refractivity contribution is 6.09. The van der Waals surface area contributed by atoms with Crippen LogP contribution in [0.25, 0.3) is 0 Å². The second kappa shape index (κ2) is 5.33. The molecule has 0 saturated carbocycles. The molecule has 3 rings (SSSR count). The number of urea groups is 1. The Labute approximate surface area is 138 Å². The summed E-state index contributed by atoms with van der Waals surface area (Å²) in [6, 6.07) is 4.58. The number of hydrogen-bond donors (Lipinski definition) is 2. The summed E-state index contributed by atoms with van der Waals surface area (Å²) < 4.78 is 0. The lowest BCUT2D eigenvalue weighted by molar-refractivity contribution is -0.132. The van der Waals surface area contributed by atoms with Crippen molar-refractivity contribution in [1.82, 2.24) is 10.2 Å². The molecule has 1 saturated heterocycles. The first-order chi connectivity index (χ1) is 11.2. The lowest BCUT2D eigenvalue weighted by Crippen LogP contribution is -2.41. The fourth-order valence-corrected chi connectivity index (χ4v) is 2.85. The molecule has 0 radical (unpaired) electrons. The summed E-state index contributed by atoms with van der Waals surface area (Å²) in [6.07, 6.45) is 0.288. The van der Waals surface area contributed by atoms with E-state index in [4.69, 9.17) is 0 Å². The Balaban J connectivity index is 1.68. The van der Waals surface area contributed by atoms with E-state index >= 15 is 0 Å². The summed E-state index contributed by atoms with van der Waals surface area (Å²) >= 11 is 0. The van der Waals surface area contributed by atoms with Crippen LogP contribution in [0.3, 0.4) is 0 Å². The topological polar surface area (TPSA) is 98.8 Å². The van der Waals surface area contributed by atoms with Gasteiger partial charge >= 0.3 is 6.03 Å². The lowest BCUT2D eigenvalue weighted by Gasteiger charge is -2.16. The summed E-state index contributed by atoms with van der Waals surface area (Å²) in [5.74, 6) is -0.923. The molecular weight excluding hydrogens is 312 g/mol. The predicted molar refractivity (Wildman–Crippen MR) is 86.5 cm³/mol. The Morgan fingerprint density at radius 3 is 2.62 bits per heavy atom. The van der Waals surface area contributed by atoms with Crippen LogP contribution in [0.5, 0.6) is 0 Å². The van der Waals surface area contributed by atoms with E-state index in [0.717, 1.165) is 16.2 Å². The zero-order chi connectivity index (χ0) is 17.6. The average Bonchev–Trinajstić information content (AvgIpc) is 2.87. The number of carbonyl (C=O) groups excluding carboxylic acids is 4. The number of amides is 5. The molecule has 2 N–H and O–H groups in total.